The Labute approximate surface area is 323 Å². The minimum absolute atomic E-state index is 0.623. The third-order valence-corrected chi connectivity index (χ3v) is 10.8. The van der Waals surface area contributed by atoms with Gasteiger partial charge >= 0.3 is 0 Å². The average molecular weight is 716 g/mol. The van der Waals surface area contributed by atoms with Gasteiger partial charge in [0.15, 0.2) is 17.5 Å². The van der Waals surface area contributed by atoms with E-state index < -0.39 is 0 Å². The molecule has 5 heteroatoms. The summed E-state index contributed by atoms with van der Waals surface area (Å²) in [6.07, 6.45) is 2.23. The van der Waals surface area contributed by atoms with Crippen LogP contribution in [0.4, 0.5) is 0 Å². The van der Waals surface area contributed by atoms with Crippen LogP contribution in [0.5, 0.6) is 0 Å². The van der Waals surface area contributed by atoms with E-state index in [0.717, 1.165) is 38.9 Å². The largest absolute Gasteiger partial charge is 0.314 e. The molecule has 0 aliphatic rings. The first-order valence-electron chi connectivity index (χ1n) is 18.9. The number of pyridine rings is 1. The molecule has 0 bridgehead atoms. The van der Waals surface area contributed by atoms with Crippen LogP contribution in [-0.4, -0.2) is 23.9 Å². The fourth-order valence-electron chi connectivity index (χ4n) is 8.23. The van der Waals surface area contributed by atoms with Crippen molar-refractivity contribution in [2.45, 2.75) is 0 Å². The molecule has 0 aliphatic heterocycles. The molecule has 4 heterocycles. The second kappa shape index (κ2) is 13.0. The molecule has 0 fully saturated rings. The second-order valence-corrected chi connectivity index (χ2v) is 14.1. The van der Waals surface area contributed by atoms with E-state index in [-0.39, 0.29) is 0 Å². The van der Waals surface area contributed by atoms with E-state index in [1.54, 1.807) is 0 Å². The Balaban J connectivity index is 1.19. The fourth-order valence-corrected chi connectivity index (χ4v) is 8.23. The minimum Gasteiger partial charge on any atom is -0.314 e. The van der Waals surface area contributed by atoms with Gasteiger partial charge in [0.1, 0.15) is 0 Å². The smallest absolute Gasteiger partial charge is 0.164 e. The van der Waals surface area contributed by atoms with Crippen molar-refractivity contribution in [2.24, 2.45) is 0 Å². The van der Waals surface area contributed by atoms with E-state index in [0.29, 0.717) is 17.5 Å². The highest BCUT2D eigenvalue weighted by Gasteiger charge is 2.22. The maximum atomic E-state index is 5.08. The topological polar surface area (TPSA) is 48.0 Å². The predicted molar refractivity (Wildman–Crippen MR) is 230 cm³/mol. The van der Waals surface area contributed by atoms with Gasteiger partial charge in [0.05, 0.1) is 22.1 Å². The molecule has 262 valence electrons. The van der Waals surface area contributed by atoms with Crippen LogP contribution in [0.1, 0.15) is 0 Å². The molecule has 0 saturated heterocycles. The van der Waals surface area contributed by atoms with Crippen molar-refractivity contribution in [1.82, 2.24) is 23.9 Å². The van der Waals surface area contributed by atoms with Crippen LogP contribution < -0.4 is 0 Å². The van der Waals surface area contributed by atoms with E-state index in [1.807, 2.05) is 60.7 Å². The molecule has 7 aromatic carbocycles. The number of fused-ring (bicyclic) bond motifs is 7. The Hall–Kier alpha value is -7.63. The Morgan fingerprint density at radius 2 is 0.839 bits per heavy atom. The summed E-state index contributed by atoms with van der Waals surface area (Å²) in [6, 6.07) is 68.2. The summed E-state index contributed by atoms with van der Waals surface area (Å²) in [5.74, 6) is 1.90. The number of nitrogens with zero attached hydrogens (tertiary/aromatic N) is 5. The van der Waals surface area contributed by atoms with Crippen molar-refractivity contribution in [3.05, 3.63) is 200 Å². The molecule has 11 rings (SSSR count). The van der Waals surface area contributed by atoms with Gasteiger partial charge in [-0.15, -0.1) is 0 Å². The first-order chi connectivity index (χ1) is 27.8. The van der Waals surface area contributed by atoms with Crippen molar-refractivity contribution in [2.75, 3.05) is 0 Å². The highest BCUT2D eigenvalue weighted by molar-refractivity contribution is 6.20. The Morgan fingerprint density at radius 1 is 0.321 bits per heavy atom. The average Bonchev–Trinajstić information content (AvgIpc) is 3.80. The first-order valence-corrected chi connectivity index (χ1v) is 18.9. The van der Waals surface area contributed by atoms with E-state index in [4.69, 9.17) is 15.0 Å². The van der Waals surface area contributed by atoms with E-state index in [9.17, 15) is 0 Å². The van der Waals surface area contributed by atoms with E-state index in [2.05, 4.69) is 149 Å². The standard InChI is InChI=1S/C51H33N5/c1-4-16-34(17-5-1)37-22-14-23-38(32-37)46-43-27-11-12-28-44(43)55-31-30-42-41-26-10-13-29-45(41)56(47(42)48(46)55)40-25-15-24-39(33-40)51-53-49(35-18-6-2-7-19-35)52-50(54-51)36-20-8-3-9-21-36/h1-33H. The number of benzene rings is 7. The second-order valence-electron chi connectivity index (χ2n) is 14.1. The zero-order chi connectivity index (χ0) is 37.0. The van der Waals surface area contributed by atoms with Crippen LogP contribution in [-0.2, 0) is 0 Å². The van der Waals surface area contributed by atoms with Gasteiger partial charge in [-0.1, -0.05) is 158 Å². The molecule has 0 atom stereocenters. The van der Waals surface area contributed by atoms with Crippen molar-refractivity contribution in [3.63, 3.8) is 0 Å². The molecule has 0 N–H and O–H groups in total. The van der Waals surface area contributed by atoms with Crippen molar-refractivity contribution in [3.8, 4) is 62.1 Å². The molecule has 0 saturated carbocycles. The molecule has 4 aromatic heterocycles. The lowest BCUT2D eigenvalue weighted by molar-refractivity contribution is 1.07. The summed E-state index contributed by atoms with van der Waals surface area (Å²) in [6.45, 7) is 0. The van der Waals surface area contributed by atoms with Crippen LogP contribution in [0.25, 0.3) is 100 Å². The summed E-state index contributed by atoms with van der Waals surface area (Å²) in [7, 11) is 0. The molecule has 0 spiro atoms. The van der Waals surface area contributed by atoms with Crippen LogP contribution in [0.15, 0.2) is 200 Å². The summed E-state index contributed by atoms with van der Waals surface area (Å²) >= 11 is 0. The van der Waals surface area contributed by atoms with Crippen molar-refractivity contribution >= 4 is 38.2 Å². The Morgan fingerprint density at radius 3 is 1.54 bits per heavy atom. The highest BCUT2D eigenvalue weighted by Crippen LogP contribution is 2.43. The third kappa shape index (κ3) is 5.21. The van der Waals surface area contributed by atoms with Crippen LogP contribution >= 0.6 is 0 Å². The lowest BCUT2D eigenvalue weighted by atomic mass is 9.97. The highest BCUT2D eigenvalue weighted by atomic mass is 15.0. The van der Waals surface area contributed by atoms with Gasteiger partial charge in [0, 0.05) is 50.3 Å². The number of aromatic nitrogens is 5. The van der Waals surface area contributed by atoms with Gasteiger partial charge in [-0.2, -0.15) is 0 Å². The number of rotatable bonds is 6. The molecule has 0 radical (unpaired) electrons. The quantitative estimate of drug-likeness (QED) is 0.172. The van der Waals surface area contributed by atoms with Crippen LogP contribution in [0, 0.1) is 0 Å². The minimum atomic E-state index is 0.623. The molecule has 56 heavy (non-hydrogen) atoms. The molecule has 0 amide bonds. The summed E-state index contributed by atoms with van der Waals surface area (Å²) in [5.41, 5.74) is 13.2. The zero-order valence-corrected chi connectivity index (χ0v) is 30.3. The lowest BCUT2D eigenvalue weighted by Crippen LogP contribution is -2.01. The third-order valence-electron chi connectivity index (χ3n) is 10.8. The van der Waals surface area contributed by atoms with Gasteiger partial charge in [-0.3, -0.25) is 0 Å². The maximum absolute atomic E-state index is 5.08. The normalized spacial score (nSPS) is 11.6. The van der Waals surface area contributed by atoms with Crippen molar-refractivity contribution < 1.29 is 0 Å². The Bertz CT molecular complexity index is 3180. The zero-order valence-electron chi connectivity index (χ0n) is 30.3. The van der Waals surface area contributed by atoms with E-state index in [1.165, 1.54) is 43.9 Å². The van der Waals surface area contributed by atoms with Gasteiger partial charge < -0.3 is 8.97 Å². The lowest BCUT2D eigenvalue weighted by Gasteiger charge is -2.13. The monoisotopic (exact) mass is 715 g/mol. The fraction of sp³-hybridized carbons (Fsp3) is 0. The van der Waals surface area contributed by atoms with Gasteiger partial charge in [0.2, 0.25) is 0 Å². The van der Waals surface area contributed by atoms with Gasteiger partial charge in [0.25, 0.3) is 0 Å². The van der Waals surface area contributed by atoms with E-state index >= 15 is 0 Å². The van der Waals surface area contributed by atoms with Crippen LogP contribution in [0.2, 0.25) is 0 Å². The molecule has 0 unspecified atom stereocenters. The molecule has 0 aliphatic carbocycles. The predicted octanol–water partition coefficient (Wildman–Crippen LogP) is 12.7. The van der Waals surface area contributed by atoms with Crippen molar-refractivity contribution in [1.29, 1.82) is 0 Å². The maximum Gasteiger partial charge on any atom is 0.164 e. The Kier molecular flexibility index (Phi) is 7.42. The van der Waals surface area contributed by atoms with Crippen LogP contribution in [0.3, 0.4) is 0 Å². The van der Waals surface area contributed by atoms with Gasteiger partial charge in [-0.05, 0) is 53.1 Å². The summed E-state index contributed by atoms with van der Waals surface area (Å²) in [4.78, 5) is 15.1. The SMILES string of the molecule is c1ccc(-c2cccc(-c3c4ccccc4n4ccc5c6ccccc6n(-c6cccc(-c7nc(-c8ccccc8)nc(-c8ccccc8)n7)c6)c5c34)c2)cc1. The number of hydrogen-bond acceptors (Lipinski definition) is 3. The van der Waals surface area contributed by atoms with Gasteiger partial charge in [-0.25, -0.2) is 15.0 Å². The molecule has 11 aromatic rings. The molecular weight excluding hydrogens is 683 g/mol. The number of para-hydroxylation sites is 2. The summed E-state index contributed by atoms with van der Waals surface area (Å²) < 4.78 is 4.79. The molecule has 5 nitrogen and oxygen atoms in total. The first kappa shape index (κ1) is 31.9. The number of hydrogen-bond donors (Lipinski definition) is 0. The molecular formula is C51H33N5. The summed E-state index contributed by atoms with van der Waals surface area (Å²) in [5, 5.41) is 3.60.